The maximum atomic E-state index is 12.9. The number of thiophene rings is 1. The highest BCUT2D eigenvalue weighted by Crippen LogP contribution is 2.35. The summed E-state index contributed by atoms with van der Waals surface area (Å²) in [7, 11) is 0. The predicted octanol–water partition coefficient (Wildman–Crippen LogP) is 3.90. The summed E-state index contributed by atoms with van der Waals surface area (Å²) in [6.07, 6.45) is -4.52. The van der Waals surface area contributed by atoms with Crippen molar-refractivity contribution in [1.29, 1.82) is 0 Å². The van der Waals surface area contributed by atoms with Crippen LogP contribution >= 0.6 is 11.3 Å². The number of hydrogen-bond acceptors (Lipinski definition) is 5. The molecule has 0 fully saturated rings. The van der Waals surface area contributed by atoms with Gasteiger partial charge < -0.3 is 9.29 Å². The van der Waals surface area contributed by atoms with Crippen LogP contribution < -0.4 is 4.74 Å². The van der Waals surface area contributed by atoms with Crippen LogP contribution in [0.2, 0.25) is 0 Å². The molecule has 0 aliphatic rings. The maximum absolute atomic E-state index is 12.9. The Bertz CT molecular complexity index is 867. The molecule has 0 aliphatic carbocycles. The number of nitrogens with one attached hydrogen (secondary N) is 1. The van der Waals surface area contributed by atoms with Crippen LogP contribution in [-0.4, -0.2) is 38.2 Å². The third-order valence-corrected chi connectivity index (χ3v) is 5.14. The van der Waals surface area contributed by atoms with Gasteiger partial charge in [0.05, 0.1) is 11.2 Å². The fourth-order valence-electron chi connectivity index (χ4n) is 1.91. The minimum Gasteiger partial charge on any atom is -0.609 e. The van der Waals surface area contributed by atoms with E-state index in [0.29, 0.717) is 5.52 Å². The summed E-state index contributed by atoms with van der Waals surface area (Å²) in [5, 5.41) is 3.80. The number of ether oxygens (including phenoxy) is 1. The first-order valence-corrected chi connectivity index (χ1v) is 9.24. The van der Waals surface area contributed by atoms with Crippen molar-refractivity contribution in [2.45, 2.75) is 23.0 Å². The zero-order valence-electron chi connectivity index (χ0n) is 12.7. The number of hydrogen-bond donors (Lipinski definition) is 1. The van der Waals surface area contributed by atoms with Gasteiger partial charge in [-0.15, -0.1) is 11.3 Å². The normalized spacial score (nSPS) is 13.9. The number of nitrogens with zero attached hydrogens (tertiary/aromatic N) is 2. The summed E-state index contributed by atoms with van der Waals surface area (Å²) < 4.78 is 79.1. The molecule has 3 heterocycles. The predicted molar refractivity (Wildman–Crippen MR) is 84.8 cm³/mol. The van der Waals surface area contributed by atoms with Crippen molar-refractivity contribution < 1.29 is 31.2 Å². The molecule has 1 N–H and O–H groups in total. The van der Waals surface area contributed by atoms with Crippen LogP contribution in [0.3, 0.4) is 0 Å². The third kappa shape index (κ3) is 4.07. The summed E-state index contributed by atoms with van der Waals surface area (Å²) >= 11 is -0.165. The van der Waals surface area contributed by atoms with Gasteiger partial charge in [-0.25, -0.2) is 0 Å². The Morgan fingerprint density at radius 3 is 2.69 bits per heavy atom. The van der Waals surface area contributed by atoms with Crippen molar-refractivity contribution in [2.75, 3.05) is 6.61 Å². The number of halogens is 5. The molecule has 0 spiro atoms. The molecule has 3 aromatic heterocycles. The molecule has 5 nitrogen and oxygen atoms in total. The van der Waals surface area contributed by atoms with Crippen LogP contribution in [0.5, 0.6) is 5.75 Å². The monoisotopic (exact) mass is 411 g/mol. The topological polar surface area (TPSA) is 73.9 Å². The molecule has 26 heavy (non-hydrogen) atoms. The number of aromatic nitrogens is 3. The van der Waals surface area contributed by atoms with Crippen molar-refractivity contribution in [3.05, 3.63) is 34.8 Å². The molecule has 140 valence electrons. The zero-order valence-corrected chi connectivity index (χ0v) is 14.4. The Morgan fingerprint density at radius 1 is 1.23 bits per heavy atom. The summed E-state index contributed by atoms with van der Waals surface area (Å²) in [5.74, 6) is -5.30. The number of alkyl halides is 5. The van der Waals surface area contributed by atoms with E-state index in [0.717, 1.165) is 17.6 Å². The van der Waals surface area contributed by atoms with Crippen molar-refractivity contribution >= 4 is 33.5 Å². The second-order valence-corrected chi connectivity index (χ2v) is 7.29. The van der Waals surface area contributed by atoms with Gasteiger partial charge in [0.25, 0.3) is 0 Å². The van der Waals surface area contributed by atoms with Gasteiger partial charge in [0, 0.05) is 34.2 Å². The Hall–Kier alpha value is -1.92. The molecule has 0 aromatic carbocycles. The molecular formula is C14H10F5N3O2S2. The molecule has 0 amide bonds. The molecule has 0 bridgehead atoms. The average molecular weight is 411 g/mol. The minimum absolute atomic E-state index is 0.105. The standard InChI is InChI=1S/C14H10F5N3O2S2/c15-13(16,14(17,18)19)7-24-9-1-2-20-8(3-9)6-26(23)12-21-10-4-25-5-11(10)22-12/h1-5H,6-7H2,(H,21,22). The lowest BCUT2D eigenvalue weighted by atomic mass is 10.3. The molecule has 0 saturated heterocycles. The SMILES string of the molecule is [O-][S+](Cc1cc(OCC(F)(F)C(F)(F)F)ccn1)c1nc2cscc2[nH]1. The number of pyridine rings is 1. The first kappa shape index (κ1) is 18.9. The number of aromatic amines is 1. The molecule has 0 saturated carbocycles. The summed E-state index contributed by atoms with van der Waals surface area (Å²) in [6, 6.07) is 2.30. The fraction of sp³-hybridized carbons (Fsp3) is 0.286. The molecule has 3 rings (SSSR count). The van der Waals surface area contributed by atoms with Crippen LogP contribution in [0.4, 0.5) is 22.0 Å². The molecule has 0 radical (unpaired) electrons. The number of imidazole rings is 1. The largest absolute Gasteiger partial charge is 0.609 e. The smallest absolute Gasteiger partial charge is 0.456 e. The average Bonchev–Trinajstić information content (AvgIpc) is 3.14. The summed E-state index contributed by atoms with van der Waals surface area (Å²) in [4.78, 5) is 11.0. The maximum Gasteiger partial charge on any atom is 0.456 e. The van der Waals surface area contributed by atoms with Crippen molar-refractivity contribution in [3.8, 4) is 5.75 Å². The highest BCUT2D eigenvalue weighted by atomic mass is 32.2. The van der Waals surface area contributed by atoms with Gasteiger partial charge in [0.15, 0.2) is 12.4 Å². The Morgan fingerprint density at radius 2 is 2.00 bits per heavy atom. The van der Waals surface area contributed by atoms with Crippen molar-refractivity contribution in [2.24, 2.45) is 0 Å². The minimum atomic E-state index is -5.70. The lowest BCUT2D eigenvalue weighted by Crippen LogP contribution is -2.41. The van der Waals surface area contributed by atoms with Gasteiger partial charge >= 0.3 is 17.3 Å². The van der Waals surface area contributed by atoms with Crippen LogP contribution in [0.25, 0.3) is 11.0 Å². The zero-order chi connectivity index (χ0) is 18.9. The highest BCUT2D eigenvalue weighted by Gasteiger charge is 2.58. The van der Waals surface area contributed by atoms with E-state index in [1.807, 2.05) is 0 Å². The van der Waals surface area contributed by atoms with E-state index in [9.17, 15) is 26.5 Å². The molecule has 12 heteroatoms. The van der Waals surface area contributed by atoms with E-state index in [1.54, 1.807) is 10.8 Å². The van der Waals surface area contributed by atoms with E-state index in [2.05, 4.69) is 19.7 Å². The van der Waals surface area contributed by atoms with E-state index in [4.69, 9.17) is 0 Å². The Kier molecular flexibility index (Phi) is 5.08. The van der Waals surface area contributed by atoms with Crippen molar-refractivity contribution in [1.82, 2.24) is 15.0 Å². The summed E-state index contributed by atoms with van der Waals surface area (Å²) in [5.41, 5.74) is 1.60. The molecule has 1 unspecified atom stereocenters. The van der Waals surface area contributed by atoms with E-state index >= 15 is 0 Å². The van der Waals surface area contributed by atoms with Crippen molar-refractivity contribution in [3.63, 3.8) is 0 Å². The van der Waals surface area contributed by atoms with Gasteiger partial charge in [-0.05, 0) is 6.07 Å². The van der Waals surface area contributed by atoms with E-state index < -0.39 is 29.9 Å². The van der Waals surface area contributed by atoms with Crippen LogP contribution in [-0.2, 0) is 16.9 Å². The summed E-state index contributed by atoms with van der Waals surface area (Å²) in [6.45, 7) is -1.85. The number of H-pyrrole nitrogens is 1. The van der Waals surface area contributed by atoms with Crippen LogP contribution in [0.15, 0.2) is 34.2 Å². The molecule has 3 aromatic rings. The first-order valence-electron chi connectivity index (χ1n) is 6.98. The lowest BCUT2D eigenvalue weighted by molar-refractivity contribution is -0.290. The van der Waals surface area contributed by atoms with Gasteiger partial charge in [0.1, 0.15) is 11.3 Å². The van der Waals surface area contributed by atoms with E-state index in [-0.39, 0.29) is 22.4 Å². The van der Waals surface area contributed by atoms with Gasteiger partial charge in [0.2, 0.25) is 0 Å². The molecule has 0 aliphatic heterocycles. The quantitative estimate of drug-likeness (QED) is 0.493. The number of fused-ring (bicyclic) bond motifs is 1. The fourth-order valence-corrected chi connectivity index (χ4v) is 3.59. The first-order chi connectivity index (χ1) is 12.2. The van der Waals surface area contributed by atoms with Gasteiger partial charge in [-0.3, -0.25) is 9.97 Å². The highest BCUT2D eigenvalue weighted by molar-refractivity contribution is 7.90. The van der Waals surface area contributed by atoms with Crippen LogP contribution in [0.1, 0.15) is 5.69 Å². The second-order valence-electron chi connectivity index (χ2n) is 5.18. The van der Waals surface area contributed by atoms with E-state index in [1.165, 1.54) is 17.5 Å². The van der Waals surface area contributed by atoms with Crippen LogP contribution in [0, 0.1) is 0 Å². The lowest BCUT2D eigenvalue weighted by Gasteiger charge is -2.19. The Labute approximate surface area is 150 Å². The van der Waals surface area contributed by atoms with Gasteiger partial charge in [-0.2, -0.15) is 26.9 Å². The molecule has 1 atom stereocenters. The second kappa shape index (κ2) is 7.00. The number of rotatable bonds is 6. The molecular weight excluding hydrogens is 401 g/mol. The van der Waals surface area contributed by atoms with Gasteiger partial charge in [-0.1, -0.05) is 0 Å². The Balaban J connectivity index is 1.66. The third-order valence-electron chi connectivity index (χ3n) is 3.22.